The van der Waals surface area contributed by atoms with Gasteiger partial charge in [-0.15, -0.1) is 0 Å². The van der Waals surface area contributed by atoms with Crippen LogP contribution in [0.1, 0.15) is 42.2 Å². The van der Waals surface area contributed by atoms with Gasteiger partial charge in [0.05, 0.1) is 6.33 Å². The Hall–Kier alpha value is -1.42. The SMILES string of the molecule is C.C.C.CC(C)n1cnc2cccnc21.N. The van der Waals surface area contributed by atoms with Gasteiger partial charge in [0.2, 0.25) is 0 Å². The highest BCUT2D eigenvalue weighted by Gasteiger charge is 2.04. The first-order valence-corrected chi connectivity index (χ1v) is 4.06. The van der Waals surface area contributed by atoms with Gasteiger partial charge in [-0.25, -0.2) is 9.97 Å². The third-order valence-corrected chi connectivity index (χ3v) is 1.89. The smallest absolute Gasteiger partial charge is 0.160 e. The maximum Gasteiger partial charge on any atom is 0.160 e. The summed E-state index contributed by atoms with van der Waals surface area (Å²) in [6.07, 6.45) is 3.63. The molecule has 3 N–H and O–H groups in total. The van der Waals surface area contributed by atoms with Gasteiger partial charge in [0.15, 0.2) is 5.65 Å². The lowest BCUT2D eigenvalue weighted by atomic mass is 10.4. The first-order chi connectivity index (χ1) is 5.79. The van der Waals surface area contributed by atoms with E-state index in [1.807, 2.05) is 18.5 Å². The Morgan fingerprint density at radius 1 is 1.12 bits per heavy atom. The molecule has 4 heteroatoms. The van der Waals surface area contributed by atoms with Crippen molar-refractivity contribution in [2.45, 2.75) is 42.2 Å². The number of pyridine rings is 1. The van der Waals surface area contributed by atoms with Gasteiger partial charge in [0, 0.05) is 12.2 Å². The van der Waals surface area contributed by atoms with Gasteiger partial charge >= 0.3 is 0 Å². The largest absolute Gasteiger partial charge is 0.344 e. The summed E-state index contributed by atoms with van der Waals surface area (Å²) in [5, 5.41) is 0. The zero-order valence-corrected chi connectivity index (χ0v) is 7.94. The van der Waals surface area contributed by atoms with Crippen molar-refractivity contribution in [3.63, 3.8) is 0 Å². The molecule has 2 aromatic heterocycles. The van der Waals surface area contributed by atoms with Gasteiger partial charge in [-0.3, -0.25) is 0 Å². The fraction of sp³-hybridized carbons (Fsp3) is 0.500. The zero-order chi connectivity index (χ0) is 8.55. The van der Waals surface area contributed by atoms with E-state index in [0.717, 1.165) is 11.2 Å². The Morgan fingerprint density at radius 2 is 1.75 bits per heavy atom. The first kappa shape index (κ1) is 20.1. The van der Waals surface area contributed by atoms with Crippen LogP contribution < -0.4 is 6.15 Å². The normalized spacial score (nSPS) is 8.44. The maximum absolute atomic E-state index is 4.26. The minimum absolute atomic E-state index is 0. The number of nitrogens with zero attached hydrogens (tertiary/aromatic N) is 3. The van der Waals surface area contributed by atoms with Gasteiger partial charge < -0.3 is 10.7 Å². The number of hydrogen-bond donors (Lipinski definition) is 1. The average Bonchev–Trinajstić information content (AvgIpc) is 2.47. The molecule has 0 fully saturated rings. The topological polar surface area (TPSA) is 65.7 Å². The predicted octanol–water partition coefficient (Wildman–Crippen LogP) is 4.08. The second kappa shape index (κ2) is 7.82. The predicted molar refractivity (Wildman–Crippen MR) is 73.1 cm³/mol. The van der Waals surface area contributed by atoms with Crippen molar-refractivity contribution < 1.29 is 0 Å². The van der Waals surface area contributed by atoms with Crippen LogP contribution >= 0.6 is 0 Å². The standard InChI is InChI=1S/C9H11N3.3CH4.H3N/c1-7(2)12-6-11-8-4-3-5-10-9(8)12;;;;/h3-7H,1-2H3;3*1H4;1H3. The van der Waals surface area contributed by atoms with Crippen LogP contribution in [0, 0.1) is 0 Å². The molecule has 0 spiro atoms. The highest BCUT2D eigenvalue weighted by Crippen LogP contribution is 2.13. The Labute approximate surface area is 99.3 Å². The lowest BCUT2D eigenvalue weighted by Crippen LogP contribution is -1.98. The summed E-state index contributed by atoms with van der Waals surface area (Å²) in [4.78, 5) is 8.50. The highest BCUT2D eigenvalue weighted by molar-refractivity contribution is 5.70. The van der Waals surface area contributed by atoms with Crippen molar-refractivity contribution in [1.82, 2.24) is 20.7 Å². The summed E-state index contributed by atoms with van der Waals surface area (Å²) in [5.41, 5.74) is 1.93. The molecule has 0 aliphatic rings. The molecule has 2 rings (SSSR count). The van der Waals surface area contributed by atoms with E-state index in [1.54, 1.807) is 6.20 Å². The molecular formula is C12H26N4. The fourth-order valence-corrected chi connectivity index (χ4v) is 1.25. The summed E-state index contributed by atoms with van der Waals surface area (Å²) in [5.74, 6) is 0. The molecule has 0 saturated heterocycles. The number of hydrogen-bond acceptors (Lipinski definition) is 3. The number of rotatable bonds is 1. The van der Waals surface area contributed by atoms with Crippen LogP contribution in [0.4, 0.5) is 0 Å². The Bertz CT molecular complexity index is 393. The van der Waals surface area contributed by atoms with Crippen molar-refractivity contribution in [3.8, 4) is 0 Å². The van der Waals surface area contributed by atoms with E-state index in [4.69, 9.17) is 0 Å². The summed E-state index contributed by atoms with van der Waals surface area (Å²) < 4.78 is 2.06. The maximum atomic E-state index is 4.26. The van der Waals surface area contributed by atoms with Crippen LogP contribution in [0.3, 0.4) is 0 Å². The van der Waals surface area contributed by atoms with Crippen molar-refractivity contribution in [2.75, 3.05) is 0 Å². The van der Waals surface area contributed by atoms with Crippen molar-refractivity contribution >= 4 is 11.2 Å². The van der Waals surface area contributed by atoms with E-state index in [9.17, 15) is 0 Å². The third-order valence-electron chi connectivity index (χ3n) is 1.89. The van der Waals surface area contributed by atoms with Crippen LogP contribution in [0.25, 0.3) is 11.2 Å². The van der Waals surface area contributed by atoms with Crippen LogP contribution in [0.2, 0.25) is 0 Å². The third kappa shape index (κ3) is 3.31. The zero-order valence-electron chi connectivity index (χ0n) is 7.94. The molecule has 2 aromatic rings. The van der Waals surface area contributed by atoms with Crippen LogP contribution in [0.15, 0.2) is 24.7 Å². The molecule has 0 aliphatic heterocycles. The van der Waals surface area contributed by atoms with E-state index in [2.05, 4.69) is 28.4 Å². The van der Waals surface area contributed by atoms with E-state index in [-0.39, 0.29) is 28.4 Å². The van der Waals surface area contributed by atoms with Crippen LogP contribution in [-0.2, 0) is 0 Å². The first-order valence-electron chi connectivity index (χ1n) is 4.06. The molecule has 4 nitrogen and oxygen atoms in total. The molecule has 0 unspecified atom stereocenters. The summed E-state index contributed by atoms with van der Waals surface area (Å²) in [6.45, 7) is 4.24. The van der Waals surface area contributed by atoms with E-state index in [1.165, 1.54) is 0 Å². The fourth-order valence-electron chi connectivity index (χ4n) is 1.25. The molecule has 94 valence electrons. The average molecular weight is 226 g/mol. The summed E-state index contributed by atoms with van der Waals surface area (Å²) >= 11 is 0. The molecule has 16 heavy (non-hydrogen) atoms. The molecule has 0 saturated carbocycles. The van der Waals surface area contributed by atoms with Gasteiger partial charge in [0.1, 0.15) is 5.52 Å². The van der Waals surface area contributed by atoms with Gasteiger partial charge in [-0.05, 0) is 26.0 Å². The lowest BCUT2D eigenvalue weighted by molar-refractivity contribution is 0.613. The quantitative estimate of drug-likeness (QED) is 0.796. The molecule has 0 amide bonds. The number of imidazole rings is 1. The van der Waals surface area contributed by atoms with E-state index >= 15 is 0 Å². The summed E-state index contributed by atoms with van der Waals surface area (Å²) in [7, 11) is 0. The van der Waals surface area contributed by atoms with Gasteiger partial charge in [0.25, 0.3) is 0 Å². The summed E-state index contributed by atoms with van der Waals surface area (Å²) in [6, 6.07) is 4.30. The minimum atomic E-state index is 0. The number of aromatic nitrogens is 3. The second-order valence-electron chi connectivity index (χ2n) is 3.09. The van der Waals surface area contributed by atoms with Crippen molar-refractivity contribution in [1.29, 1.82) is 0 Å². The molecule has 0 aliphatic carbocycles. The number of fused-ring (bicyclic) bond motifs is 1. The molecule has 2 heterocycles. The Kier molecular flexibility index (Phi) is 9.80. The molecule has 0 bridgehead atoms. The molecule has 0 atom stereocenters. The lowest BCUT2D eigenvalue weighted by Gasteiger charge is -2.05. The Balaban J connectivity index is -0.000000422. The van der Waals surface area contributed by atoms with Crippen LogP contribution in [-0.4, -0.2) is 14.5 Å². The van der Waals surface area contributed by atoms with E-state index < -0.39 is 0 Å². The molecule has 0 aromatic carbocycles. The molecule has 0 radical (unpaired) electrons. The highest BCUT2D eigenvalue weighted by atomic mass is 15.1. The van der Waals surface area contributed by atoms with Gasteiger partial charge in [-0.1, -0.05) is 22.3 Å². The second-order valence-corrected chi connectivity index (χ2v) is 3.09. The van der Waals surface area contributed by atoms with Gasteiger partial charge in [-0.2, -0.15) is 0 Å². The van der Waals surface area contributed by atoms with Crippen molar-refractivity contribution in [2.24, 2.45) is 0 Å². The minimum Gasteiger partial charge on any atom is -0.344 e. The molecular weight excluding hydrogens is 200 g/mol. The van der Waals surface area contributed by atoms with Crippen LogP contribution in [0.5, 0.6) is 0 Å². The monoisotopic (exact) mass is 226 g/mol. The van der Waals surface area contributed by atoms with E-state index in [0.29, 0.717) is 6.04 Å². The Morgan fingerprint density at radius 3 is 2.31 bits per heavy atom. The van der Waals surface area contributed by atoms with Crippen molar-refractivity contribution in [3.05, 3.63) is 24.7 Å².